The summed E-state index contributed by atoms with van der Waals surface area (Å²) < 4.78 is 20.4. The van der Waals surface area contributed by atoms with Crippen molar-refractivity contribution in [3.63, 3.8) is 0 Å². The number of nitrogens with zero attached hydrogens (tertiary/aromatic N) is 3. The Balaban J connectivity index is 1.29. The van der Waals surface area contributed by atoms with Gasteiger partial charge in [0.25, 0.3) is 5.78 Å². The highest BCUT2D eigenvalue weighted by Gasteiger charge is 2.48. The van der Waals surface area contributed by atoms with Crippen LogP contribution < -0.4 is 9.64 Å². The third kappa shape index (κ3) is 6.67. The van der Waals surface area contributed by atoms with Crippen molar-refractivity contribution in [1.29, 1.82) is 0 Å². The molecule has 0 radical (unpaired) electrons. The van der Waals surface area contributed by atoms with E-state index in [2.05, 4.69) is 10.2 Å². The van der Waals surface area contributed by atoms with Crippen molar-refractivity contribution in [2.75, 3.05) is 4.90 Å². The molecule has 1 unspecified atom stereocenters. The molecule has 5 aromatic rings. The predicted octanol–water partition coefficient (Wildman–Crippen LogP) is 7.79. The van der Waals surface area contributed by atoms with Crippen LogP contribution in [0.2, 0.25) is 0 Å². The first-order valence-electron chi connectivity index (χ1n) is 14.1. The predicted molar refractivity (Wildman–Crippen MR) is 174 cm³/mol. The summed E-state index contributed by atoms with van der Waals surface area (Å²) in [5.41, 5.74) is 5.09. The molecule has 1 atom stereocenters. The minimum absolute atomic E-state index is 0.121. The summed E-state index contributed by atoms with van der Waals surface area (Å²) in [6.07, 6.45) is 0. The van der Waals surface area contributed by atoms with Crippen LogP contribution in [0.25, 0.3) is 5.76 Å². The number of ether oxygens (including phenoxy) is 1. The summed E-state index contributed by atoms with van der Waals surface area (Å²) in [4.78, 5) is 28.2. The Labute approximate surface area is 268 Å². The van der Waals surface area contributed by atoms with Crippen LogP contribution in [-0.2, 0) is 21.9 Å². The molecule has 45 heavy (non-hydrogen) atoms. The number of thioether (sulfide) groups is 1. The highest BCUT2D eigenvalue weighted by atomic mass is 32.2. The van der Waals surface area contributed by atoms with E-state index in [1.165, 1.54) is 57.8 Å². The average molecular weight is 638 g/mol. The Morgan fingerprint density at radius 3 is 2.36 bits per heavy atom. The van der Waals surface area contributed by atoms with E-state index in [1.807, 2.05) is 62.4 Å². The number of aryl methyl sites for hydroxylation is 2. The topological polar surface area (TPSA) is 92.6 Å². The van der Waals surface area contributed by atoms with E-state index in [-0.39, 0.29) is 16.5 Å². The Kier molecular flexibility index (Phi) is 8.77. The maximum absolute atomic E-state index is 13.9. The number of anilines is 1. The molecule has 1 amide bonds. The summed E-state index contributed by atoms with van der Waals surface area (Å²) in [5, 5.41) is 20.1. The van der Waals surface area contributed by atoms with Crippen LogP contribution in [0.3, 0.4) is 0 Å². The number of ketones is 1. The zero-order valence-corrected chi connectivity index (χ0v) is 26.1. The van der Waals surface area contributed by atoms with Gasteiger partial charge in [0.15, 0.2) is 4.34 Å². The number of carbonyl (C=O) groups is 2. The molecule has 4 aromatic carbocycles. The zero-order chi connectivity index (χ0) is 31.5. The molecule has 7 nitrogen and oxygen atoms in total. The summed E-state index contributed by atoms with van der Waals surface area (Å²) in [6.45, 7) is 4.41. The largest absolute Gasteiger partial charge is 0.507 e. The smallest absolute Gasteiger partial charge is 0.301 e. The standard InChI is InChI=1S/C35H28FN3O4S2/c1-21-6-8-23(9-7-21)20-44-35-38-37-34(45-35)39-30(25-10-14-27(36)15-11-25)29(32(41)33(39)42)31(40)26-12-16-28(17-13-26)43-19-24-5-3-4-22(2)18-24/h3-18,30,40H,19-20H2,1-2H3/b31-29+. The van der Waals surface area contributed by atoms with Crippen molar-refractivity contribution in [1.82, 2.24) is 10.2 Å². The maximum atomic E-state index is 13.9. The summed E-state index contributed by atoms with van der Waals surface area (Å²) in [5.74, 6) is -1.31. The Bertz CT molecular complexity index is 1890. The number of rotatable bonds is 9. The van der Waals surface area contributed by atoms with Crippen LogP contribution >= 0.6 is 23.1 Å². The van der Waals surface area contributed by atoms with Gasteiger partial charge in [0.1, 0.15) is 23.9 Å². The minimum atomic E-state index is -1.04. The van der Waals surface area contributed by atoms with E-state index >= 15 is 0 Å². The minimum Gasteiger partial charge on any atom is -0.507 e. The van der Waals surface area contributed by atoms with E-state index in [0.717, 1.165) is 16.7 Å². The van der Waals surface area contributed by atoms with Gasteiger partial charge in [0.2, 0.25) is 5.13 Å². The Morgan fingerprint density at radius 2 is 1.64 bits per heavy atom. The van der Waals surface area contributed by atoms with Crippen LogP contribution in [-0.4, -0.2) is 27.0 Å². The van der Waals surface area contributed by atoms with Crippen molar-refractivity contribution >= 4 is 45.7 Å². The SMILES string of the molecule is Cc1ccc(CSc2nnc(N3C(=O)C(=O)/C(=C(/O)c4ccc(OCc5cccc(C)c5)cc4)C3c3ccc(F)cc3)s2)cc1. The molecule has 1 N–H and O–H groups in total. The fraction of sp³-hybridized carbons (Fsp3) is 0.143. The van der Waals surface area contributed by atoms with Gasteiger partial charge in [0, 0.05) is 11.3 Å². The first-order chi connectivity index (χ1) is 21.8. The number of carbonyl (C=O) groups excluding carboxylic acids is 2. The number of Topliss-reactive ketones (excluding diaryl/α,β-unsaturated/α-hetero) is 1. The molecule has 1 aromatic heterocycles. The number of amides is 1. The van der Waals surface area contributed by atoms with Crippen molar-refractivity contribution in [2.45, 2.75) is 36.6 Å². The van der Waals surface area contributed by atoms with Gasteiger partial charge in [-0.25, -0.2) is 4.39 Å². The molecular weight excluding hydrogens is 610 g/mol. The summed E-state index contributed by atoms with van der Waals surface area (Å²) in [6, 6.07) is 27.2. The highest BCUT2D eigenvalue weighted by Crippen LogP contribution is 2.44. The summed E-state index contributed by atoms with van der Waals surface area (Å²) >= 11 is 2.64. The molecule has 1 saturated heterocycles. The van der Waals surface area contributed by atoms with E-state index < -0.39 is 23.5 Å². The van der Waals surface area contributed by atoms with E-state index in [9.17, 15) is 19.1 Å². The lowest BCUT2D eigenvalue weighted by Gasteiger charge is -2.22. The van der Waals surface area contributed by atoms with Crippen molar-refractivity contribution < 1.29 is 23.8 Å². The van der Waals surface area contributed by atoms with Crippen molar-refractivity contribution in [3.05, 3.63) is 142 Å². The van der Waals surface area contributed by atoms with Crippen LogP contribution in [0.15, 0.2) is 107 Å². The molecule has 1 aliphatic heterocycles. The number of hydrogen-bond acceptors (Lipinski definition) is 8. The molecule has 2 heterocycles. The number of benzene rings is 4. The van der Waals surface area contributed by atoms with Gasteiger partial charge in [-0.15, -0.1) is 10.2 Å². The second-order valence-electron chi connectivity index (χ2n) is 10.6. The number of aromatic nitrogens is 2. The third-order valence-electron chi connectivity index (χ3n) is 7.33. The van der Waals surface area contributed by atoms with Crippen LogP contribution in [0.1, 0.15) is 39.4 Å². The van der Waals surface area contributed by atoms with Gasteiger partial charge in [-0.05, 0) is 66.9 Å². The zero-order valence-electron chi connectivity index (χ0n) is 24.4. The van der Waals surface area contributed by atoms with Gasteiger partial charge < -0.3 is 9.84 Å². The molecule has 1 fully saturated rings. The maximum Gasteiger partial charge on any atom is 0.301 e. The monoisotopic (exact) mass is 637 g/mol. The third-order valence-corrected chi connectivity index (χ3v) is 9.46. The Morgan fingerprint density at radius 1 is 0.911 bits per heavy atom. The van der Waals surface area contributed by atoms with Crippen LogP contribution in [0.4, 0.5) is 9.52 Å². The molecule has 0 aliphatic carbocycles. The quantitative estimate of drug-likeness (QED) is 0.0580. The Hall–Kier alpha value is -4.80. The normalized spacial score (nSPS) is 15.9. The fourth-order valence-electron chi connectivity index (χ4n) is 5.01. The van der Waals surface area contributed by atoms with Crippen molar-refractivity contribution in [2.24, 2.45) is 0 Å². The first kappa shape index (κ1) is 30.2. The summed E-state index contributed by atoms with van der Waals surface area (Å²) in [7, 11) is 0. The van der Waals surface area contributed by atoms with Gasteiger partial charge in [-0.2, -0.15) is 0 Å². The number of hydrogen-bond donors (Lipinski definition) is 1. The molecule has 0 spiro atoms. The van der Waals surface area contributed by atoms with Gasteiger partial charge >= 0.3 is 5.91 Å². The number of halogens is 1. The molecule has 1 aliphatic rings. The van der Waals surface area contributed by atoms with Gasteiger partial charge in [0.05, 0.1) is 11.6 Å². The van der Waals surface area contributed by atoms with Crippen LogP contribution in [0.5, 0.6) is 5.75 Å². The lowest BCUT2D eigenvalue weighted by Crippen LogP contribution is -2.29. The molecule has 226 valence electrons. The number of aliphatic hydroxyl groups is 1. The second kappa shape index (κ2) is 13.1. The molecular formula is C35H28FN3O4S2. The molecule has 0 saturated carbocycles. The molecule has 6 rings (SSSR count). The molecule has 10 heteroatoms. The number of aliphatic hydroxyl groups excluding tert-OH is 1. The first-order valence-corrected chi connectivity index (χ1v) is 15.9. The van der Waals surface area contributed by atoms with E-state index in [1.54, 1.807) is 24.3 Å². The highest BCUT2D eigenvalue weighted by molar-refractivity contribution is 8.00. The molecule has 0 bridgehead atoms. The lowest BCUT2D eigenvalue weighted by atomic mass is 9.95. The van der Waals surface area contributed by atoms with E-state index in [0.29, 0.717) is 33.6 Å². The van der Waals surface area contributed by atoms with Gasteiger partial charge in [-0.1, -0.05) is 94.9 Å². The van der Waals surface area contributed by atoms with E-state index in [4.69, 9.17) is 4.74 Å². The van der Waals surface area contributed by atoms with Crippen LogP contribution in [0, 0.1) is 19.7 Å². The lowest BCUT2D eigenvalue weighted by molar-refractivity contribution is -0.132. The van der Waals surface area contributed by atoms with Gasteiger partial charge in [-0.3, -0.25) is 14.5 Å². The van der Waals surface area contributed by atoms with Crippen molar-refractivity contribution in [3.8, 4) is 5.75 Å². The average Bonchev–Trinajstić information content (AvgIpc) is 3.62. The second-order valence-corrected chi connectivity index (χ2v) is 12.8. The fourth-order valence-corrected chi connectivity index (χ4v) is 6.83.